The van der Waals surface area contributed by atoms with Gasteiger partial charge >= 0.3 is 0 Å². The van der Waals surface area contributed by atoms with Gasteiger partial charge in [-0.15, -0.1) is 0 Å². The third-order valence-electron chi connectivity index (χ3n) is 5.24. The van der Waals surface area contributed by atoms with Crippen LogP contribution < -0.4 is 11.1 Å². The number of aryl methyl sites for hydroxylation is 1. The molecule has 2 aliphatic rings. The molecule has 0 bridgehead atoms. The topological polar surface area (TPSA) is 101 Å². The maximum absolute atomic E-state index is 13.2. The van der Waals surface area contributed by atoms with Crippen molar-refractivity contribution in [3.05, 3.63) is 41.7 Å². The minimum atomic E-state index is -0.374. The molecule has 2 fully saturated rings. The van der Waals surface area contributed by atoms with Gasteiger partial charge in [0.1, 0.15) is 11.9 Å². The Balaban J connectivity index is 1.61. The van der Waals surface area contributed by atoms with Crippen molar-refractivity contribution in [2.24, 2.45) is 5.92 Å². The predicted octanol–water partition coefficient (Wildman–Crippen LogP) is 1.77. The number of carbonyl (C=O) groups excluding carboxylic acids is 2. The zero-order chi connectivity index (χ0) is 19.0. The van der Waals surface area contributed by atoms with Gasteiger partial charge in [0.05, 0.1) is 17.6 Å². The van der Waals surface area contributed by atoms with Crippen molar-refractivity contribution in [2.45, 2.75) is 32.2 Å². The molecule has 2 aromatic rings. The lowest BCUT2D eigenvalue weighted by Gasteiger charge is -2.35. The number of rotatable bonds is 4. The number of benzene rings is 1. The number of anilines is 1. The van der Waals surface area contributed by atoms with E-state index in [-0.39, 0.29) is 17.9 Å². The average Bonchev–Trinajstić information content (AvgIpc) is 3.49. The summed E-state index contributed by atoms with van der Waals surface area (Å²) in [6, 6.07) is 6.94. The van der Waals surface area contributed by atoms with Gasteiger partial charge in [-0.25, -0.2) is 9.97 Å². The fourth-order valence-electron chi connectivity index (χ4n) is 3.47. The van der Waals surface area contributed by atoms with Crippen molar-refractivity contribution in [1.29, 1.82) is 0 Å². The normalized spacial score (nSPS) is 19.7. The van der Waals surface area contributed by atoms with Gasteiger partial charge in [0, 0.05) is 24.2 Å². The highest BCUT2D eigenvalue weighted by atomic mass is 16.2. The van der Waals surface area contributed by atoms with Crippen molar-refractivity contribution in [3.8, 4) is 11.3 Å². The third kappa shape index (κ3) is 3.63. The number of amides is 2. The summed E-state index contributed by atoms with van der Waals surface area (Å²) < 4.78 is 0. The van der Waals surface area contributed by atoms with Crippen LogP contribution in [0.5, 0.6) is 0 Å². The molecule has 1 aromatic heterocycles. The Morgan fingerprint density at radius 3 is 2.93 bits per heavy atom. The van der Waals surface area contributed by atoms with Gasteiger partial charge < -0.3 is 16.0 Å². The Morgan fingerprint density at radius 1 is 1.37 bits per heavy atom. The molecule has 7 heteroatoms. The number of hydrogen-bond acceptors (Lipinski definition) is 5. The number of carbonyl (C=O) groups is 2. The van der Waals surface area contributed by atoms with Gasteiger partial charge in [-0.1, -0.05) is 25.0 Å². The molecule has 1 aliphatic heterocycles. The summed E-state index contributed by atoms with van der Waals surface area (Å²) in [5, 5.41) is 2.89. The predicted molar refractivity (Wildman–Crippen MR) is 102 cm³/mol. The number of nitrogen functional groups attached to an aromatic ring is 1. The Morgan fingerprint density at radius 2 is 2.19 bits per heavy atom. The fourth-order valence-corrected chi connectivity index (χ4v) is 3.47. The van der Waals surface area contributed by atoms with Crippen LogP contribution >= 0.6 is 0 Å². The molecule has 4 rings (SSSR count). The summed E-state index contributed by atoms with van der Waals surface area (Å²) in [5.41, 5.74) is 8.42. The molecule has 1 saturated heterocycles. The van der Waals surface area contributed by atoms with E-state index >= 15 is 0 Å². The van der Waals surface area contributed by atoms with Crippen LogP contribution in [0, 0.1) is 12.8 Å². The number of aromatic nitrogens is 2. The summed E-state index contributed by atoms with van der Waals surface area (Å²) in [6.45, 7) is 2.83. The minimum Gasteiger partial charge on any atom is -0.382 e. The maximum atomic E-state index is 13.2. The highest BCUT2D eigenvalue weighted by Crippen LogP contribution is 2.35. The van der Waals surface area contributed by atoms with Crippen LogP contribution in [0.2, 0.25) is 0 Å². The Bertz CT molecular complexity index is 894. The maximum Gasteiger partial charge on any atom is 0.254 e. The fraction of sp³-hybridized carbons (Fsp3) is 0.400. The van der Waals surface area contributed by atoms with Crippen LogP contribution in [0.15, 0.2) is 30.5 Å². The molecule has 1 aliphatic carbocycles. The van der Waals surface area contributed by atoms with E-state index in [9.17, 15) is 9.59 Å². The molecular formula is C20H23N5O2. The molecule has 140 valence electrons. The molecule has 1 aromatic carbocycles. The number of piperazine rings is 1. The highest BCUT2D eigenvalue weighted by Gasteiger charge is 2.37. The molecule has 3 N–H and O–H groups in total. The van der Waals surface area contributed by atoms with Gasteiger partial charge in [-0.05, 0) is 31.4 Å². The van der Waals surface area contributed by atoms with E-state index in [2.05, 4.69) is 15.3 Å². The standard InChI is InChI=1S/C20H23N5O2/c1-12-18(21)23-11-16(24-12)14-3-2-4-15(10-14)20(27)25-8-7-22-19(26)17(25)9-13-5-6-13/h2-4,10-11,13,17H,5-9H2,1H3,(H2,21,23)(H,22,26). The average molecular weight is 365 g/mol. The molecule has 7 nitrogen and oxygen atoms in total. The zero-order valence-corrected chi connectivity index (χ0v) is 15.3. The summed E-state index contributed by atoms with van der Waals surface area (Å²) in [4.78, 5) is 35.8. The van der Waals surface area contributed by atoms with E-state index in [1.165, 1.54) is 0 Å². The molecule has 27 heavy (non-hydrogen) atoms. The molecule has 1 unspecified atom stereocenters. The van der Waals surface area contributed by atoms with Gasteiger partial charge in [0.25, 0.3) is 5.91 Å². The zero-order valence-electron chi connectivity index (χ0n) is 15.3. The summed E-state index contributed by atoms with van der Waals surface area (Å²) in [5.74, 6) is 0.803. The molecule has 2 heterocycles. The Labute approximate surface area is 158 Å². The lowest BCUT2D eigenvalue weighted by Crippen LogP contribution is -2.57. The van der Waals surface area contributed by atoms with Gasteiger partial charge in [-0.3, -0.25) is 9.59 Å². The lowest BCUT2D eigenvalue weighted by atomic mass is 10.0. The Hall–Kier alpha value is -2.96. The molecule has 1 saturated carbocycles. The number of hydrogen-bond donors (Lipinski definition) is 2. The van der Waals surface area contributed by atoms with Gasteiger partial charge in [0.15, 0.2) is 0 Å². The van der Waals surface area contributed by atoms with Crippen LogP contribution in [-0.4, -0.2) is 45.8 Å². The lowest BCUT2D eigenvalue weighted by molar-refractivity contribution is -0.128. The van der Waals surface area contributed by atoms with Crippen molar-refractivity contribution in [1.82, 2.24) is 20.2 Å². The van der Waals surface area contributed by atoms with Gasteiger partial charge in [0.2, 0.25) is 5.91 Å². The quantitative estimate of drug-likeness (QED) is 0.860. The summed E-state index contributed by atoms with van der Waals surface area (Å²) >= 11 is 0. The Kier molecular flexibility index (Phi) is 4.51. The van der Waals surface area contributed by atoms with Crippen molar-refractivity contribution >= 4 is 17.6 Å². The monoisotopic (exact) mass is 365 g/mol. The first kappa shape index (κ1) is 17.5. The van der Waals surface area contributed by atoms with E-state index in [0.717, 1.165) is 24.8 Å². The number of nitrogens with two attached hydrogens (primary N) is 1. The molecule has 1 atom stereocenters. The van der Waals surface area contributed by atoms with E-state index in [4.69, 9.17) is 5.73 Å². The molecular weight excluding hydrogens is 342 g/mol. The second-order valence-corrected chi connectivity index (χ2v) is 7.29. The van der Waals surface area contributed by atoms with Crippen LogP contribution in [0.25, 0.3) is 11.3 Å². The van der Waals surface area contributed by atoms with E-state index < -0.39 is 0 Å². The first-order valence-corrected chi connectivity index (χ1v) is 9.31. The highest BCUT2D eigenvalue weighted by molar-refractivity contribution is 5.99. The van der Waals surface area contributed by atoms with Crippen LogP contribution in [0.3, 0.4) is 0 Å². The van der Waals surface area contributed by atoms with E-state index in [1.807, 2.05) is 18.2 Å². The van der Waals surface area contributed by atoms with Crippen molar-refractivity contribution in [2.75, 3.05) is 18.8 Å². The largest absolute Gasteiger partial charge is 0.382 e. The first-order valence-electron chi connectivity index (χ1n) is 9.31. The summed E-state index contributed by atoms with van der Waals surface area (Å²) in [7, 11) is 0. The van der Waals surface area contributed by atoms with Crippen LogP contribution in [0.1, 0.15) is 35.3 Å². The van der Waals surface area contributed by atoms with Crippen molar-refractivity contribution in [3.63, 3.8) is 0 Å². The number of nitrogens with one attached hydrogen (secondary N) is 1. The van der Waals surface area contributed by atoms with E-state index in [0.29, 0.717) is 41.8 Å². The SMILES string of the molecule is Cc1nc(-c2cccc(C(=O)N3CCNC(=O)C3CC3CC3)c2)cnc1N. The van der Waals surface area contributed by atoms with Crippen LogP contribution in [0.4, 0.5) is 5.82 Å². The second-order valence-electron chi connectivity index (χ2n) is 7.29. The third-order valence-corrected chi connectivity index (χ3v) is 5.24. The second kappa shape index (κ2) is 6.98. The van der Waals surface area contributed by atoms with Gasteiger partial charge in [-0.2, -0.15) is 0 Å². The molecule has 0 radical (unpaired) electrons. The first-order chi connectivity index (χ1) is 13.0. The summed E-state index contributed by atoms with van der Waals surface area (Å²) in [6.07, 6.45) is 4.66. The molecule has 0 spiro atoms. The minimum absolute atomic E-state index is 0.0438. The smallest absolute Gasteiger partial charge is 0.254 e. The van der Waals surface area contributed by atoms with E-state index in [1.54, 1.807) is 24.1 Å². The van der Waals surface area contributed by atoms with Crippen molar-refractivity contribution < 1.29 is 9.59 Å². The molecule has 2 amide bonds. The number of nitrogens with zero attached hydrogens (tertiary/aromatic N) is 3. The van der Waals surface area contributed by atoms with Crippen LogP contribution in [-0.2, 0) is 4.79 Å².